The van der Waals surface area contributed by atoms with Gasteiger partial charge in [0.1, 0.15) is 0 Å². The Morgan fingerprint density at radius 1 is 1.12 bits per heavy atom. The van der Waals surface area contributed by atoms with Crippen LogP contribution >= 0.6 is 0 Å². The first kappa shape index (κ1) is 13.1. The van der Waals surface area contributed by atoms with Gasteiger partial charge in [-0.2, -0.15) is 0 Å². The molecule has 90 valence electrons. The smallest absolute Gasteiger partial charge is 0.0342 e. The Morgan fingerprint density at radius 2 is 1.81 bits per heavy atom. The van der Waals surface area contributed by atoms with Crippen LogP contribution in [0.4, 0.5) is 5.69 Å². The molecular formula is C15H25N. The second kappa shape index (κ2) is 7.32. The van der Waals surface area contributed by atoms with E-state index in [0.29, 0.717) is 6.04 Å². The van der Waals surface area contributed by atoms with Crippen molar-refractivity contribution in [2.45, 2.75) is 52.5 Å². The lowest BCUT2D eigenvalue weighted by molar-refractivity contribution is 0.483. The highest BCUT2D eigenvalue weighted by atomic mass is 14.9. The van der Waals surface area contributed by atoms with Crippen LogP contribution in [0.2, 0.25) is 0 Å². The summed E-state index contributed by atoms with van der Waals surface area (Å²) in [6.07, 6.45) is 5.14. The van der Waals surface area contributed by atoms with Crippen LogP contribution in [-0.2, 0) is 0 Å². The van der Waals surface area contributed by atoms with Gasteiger partial charge in [0.05, 0.1) is 0 Å². The van der Waals surface area contributed by atoms with Crippen molar-refractivity contribution in [1.82, 2.24) is 0 Å². The quantitative estimate of drug-likeness (QED) is 0.700. The highest BCUT2D eigenvalue weighted by molar-refractivity contribution is 5.43. The fraction of sp³-hybridized carbons (Fsp3) is 0.600. The molecule has 1 rings (SSSR count). The molecule has 0 radical (unpaired) electrons. The first-order chi connectivity index (χ1) is 7.72. The number of unbranched alkanes of at least 4 members (excludes halogenated alkanes) is 1. The van der Waals surface area contributed by atoms with E-state index >= 15 is 0 Å². The zero-order valence-electron chi connectivity index (χ0n) is 10.9. The summed E-state index contributed by atoms with van der Waals surface area (Å²) in [5.74, 6) is 0.762. The van der Waals surface area contributed by atoms with Crippen molar-refractivity contribution in [3.63, 3.8) is 0 Å². The van der Waals surface area contributed by atoms with Gasteiger partial charge in [0.25, 0.3) is 0 Å². The number of anilines is 1. The molecule has 1 aromatic carbocycles. The van der Waals surface area contributed by atoms with Gasteiger partial charge in [0.15, 0.2) is 0 Å². The van der Waals surface area contributed by atoms with Gasteiger partial charge < -0.3 is 5.32 Å². The van der Waals surface area contributed by atoms with Crippen LogP contribution in [0.1, 0.15) is 46.5 Å². The highest BCUT2D eigenvalue weighted by Crippen LogP contribution is 2.16. The summed E-state index contributed by atoms with van der Waals surface area (Å²) in [6.45, 7) is 6.85. The van der Waals surface area contributed by atoms with E-state index in [2.05, 4.69) is 56.4 Å². The molecule has 0 fully saturated rings. The average Bonchev–Trinajstić information content (AvgIpc) is 2.26. The van der Waals surface area contributed by atoms with E-state index in [-0.39, 0.29) is 0 Å². The fourth-order valence-corrected chi connectivity index (χ4v) is 2.04. The topological polar surface area (TPSA) is 12.0 Å². The maximum Gasteiger partial charge on any atom is 0.0342 e. The van der Waals surface area contributed by atoms with Crippen LogP contribution in [0.25, 0.3) is 0 Å². The number of rotatable bonds is 7. The zero-order chi connectivity index (χ0) is 11.8. The van der Waals surface area contributed by atoms with Crippen LogP contribution < -0.4 is 5.32 Å². The summed E-state index contributed by atoms with van der Waals surface area (Å²) in [4.78, 5) is 0. The van der Waals surface area contributed by atoms with Crippen LogP contribution in [0, 0.1) is 5.92 Å². The molecule has 0 aromatic heterocycles. The third-order valence-corrected chi connectivity index (χ3v) is 2.81. The Balaban J connectivity index is 2.49. The van der Waals surface area contributed by atoms with E-state index in [1.165, 1.54) is 31.4 Å². The summed E-state index contributed by atoms with van der Waals surface area (Å²) >= 11 is 0. The van der Waals surface area contributed by atoms with Gasteiger partial charge in [-0.05, 0) is 30.9 Å². The number of benzene rings is 1. The maximum absolute atomic E-state index is 3.65. The van der Waals surface area contributed by atoms with Crippen LogP contribution in [-0.4, -0.2) is 6.04 Å². The summed E-state index contributed by atoms with van der Waals surface area (Å²) in [5.41, 5.74) is 1.25. The Hall–Kier alpha value is -0.980. The monoisotopic (exact) mass is 219 g/mol. The molecule has 0 aliphatic heterocycles. The summed E-state index contributed by atoms with van der Waals surface area (Å²) in [6, 6.07) is 11.2. The van der Waals surface area contributed by atoms with Gasteiger partial charge >= 0.3 is 0 Å². The molecule has 0 aliphatic carbocycles. The molecule has 0 heterocycles. The molecule has 0 amide bonds. The van der Waals surface area contributed by atoms with Gasteiger partial charge in [-0.3, -0.25) is 0 Å². The van der Waals surface area contributed by atoms with Crippen molar-refractivity contribution in [2.24, 2.45) is 5.92 Å². The van der Waals surface area contributed by atoms with Crippen molar-refractivity contribution in [1.29, 1.82) is 0 Å². The largest absolute Gasteiger partial charge is 0.382 e. The lowest BCUT2D eigenvalue weighted by atomic mass is 9.99. The molecule has 1 N–H and O–H groups in total. The van der Waals surface area contributed by atoms with Crippen molar-refractivity contribution in [3.05, 3.63) is 30.3 Å². The number of nitrogens with one attached hydrogen (secondary N) is 1. The summed E-state index contributed by atoms with van der Waals surface area (Å²) in [5, 5.41) is 3.65. The van der Waals surface area contributed by atoms with Crippen LogP contribution in [0.15, 0.2) is 30.3 Å². The minimum absolute atomic E-state index is 0.627. The third-order valence-electron chi connectivity index (χ3n) is 2.81. The summed E-state index contributed by atoms with van der Waals surface area (Å²) < 4.78 is 0. The first-order valence-electron chi connectivity index (χ1n) is 6.54. The molecule has 16 heavy (non-hydrogen) atoms. The molecule has 0 bridgehead atoms. The molecule has 1 nitrogen and oxygen atoms in total. The number of para-hydroxylation sites is 1. The second-order valence-corrected chi connectivity index (χ2v) is 4.98. The van der Waals surface area contributed by atoms with E-state index < -0.39 is 0 Å². The van der Waals surface area contributed by atoms with E-state index in [9.17, 15) is 0 Å². The second-order valence-electron chi connectivity index (χ2n) is 4.98. The van der Waals surface area contributed by atoms with E-state index in [0.717, 1.165) is 5.92 Å². The molecule has 1 unspecified atom stereocenters. The lowest BCUT2D eigenvalue weighted by Gasteiger charge is -2.21. The van der Waals surface area contributed by atoms with Crippen LogP contribution in [0.5, 0.6) is 0 Å². The van der Waals surface area contributed by atoms with E-state index in [1.807, 2.05) is 0 Å². The predicted octanol–water partition coefficient (Wildman–Crippen LogP) is 4.70. The molecule has 0 aliphatic rings. The standard InChI is InChI=1S/C15H25N/c1-4-5-9-15(12-13(2)3)16-14-10-7-6-8-11-14/h6-8,10-11,13,15-16H,4-5,9,12H2,1-3H3. The van der Waals surface area contributed by atoms with E-state index in [1.54, 1.807) is 0 Å². The Kier molecular flexibility index (Phi) is 5.99. The Bertz CT molecular complexity index is 266. The maximum atomic E-state index is 3.65. The SMILES string of the molecule is CCCCC(CC(C)C)Nc1ccccc1. The zero-order valence-corrected chi connectivity index (χ0v) is 10.9. The molecule has 1 atom stereocenters. The molecule has 1 heteroatoms. The van der Waals surface area contributed by atoms with Gasteiger partial charge in [-0.25, -0.2) is 0 Å². The van der Waals surface area contributed by atoms with Crippen molar-refractivity contribution in [3.8, 4) is 0 Å². The number of hydrogen-bond donors (Lipinski definition) is 1. The third kappa shape index (κ3) is 5.20. The molecule has 0 saturated carbocycles. The fourth-order valence-electron chi connectivity index (χ4n) is 2.04. The van der Waals surface area contributed by atoms with Gasteiger partial charge in [-0.1, -0.05) is 51.8 Å². The highest BCUT2D eigenvalue weighted by Gasteiger charge is 2.09. The minimum atomic E-state index is 0.627. The minimum Gasteiger partial charge on any atom is -0.382 e. The van der Waals surface area contributed by atoms with Gasteiger partial charge in [0, 0.05) is 11.7 Å². The van der Waals surface area contributed by atoms with Crippen molar-refractivity contribution < 1.29 is 0 Å². The predicted molar refractivity (Wildman–Crippen MR) is 72.8 cm³/mol. The molecule has 1 aromatic rings. The molecule has 0 spiro atoms. The van der Waals surface area contributed by atoms with Gasteiger partial charge in [-0.15, -0.1) is 0 Å². The van der Waals surface area contributed by atoms with Crippen molar-refractivity contribution >= 4 is 5.69 Å². The van der Waals surface area contributed by atoms with Crippen molar-refractivity contribution in [2.75, 3.05) is 5.32 Å². The molecule has 0 saturated heterocycles. The lowest BCUT2D eigenvalue weighted by Crippen LogP contribution is -2.21. The van der Waals surface area contributed by atoms with Gasteiger partial charge in [0.2, 0.25) is 0 Å². The first-order valence-corrected chi connectivity index (χ1v) is 6.54. The summed E-state index contributed by atoms with van der Waals surface area (Å²) in [7, 11) is 0. The normalized spacial score (nSPS) is 12.8. The van der Waals surface area contributed by atoms with Crippen LogP contribution in [0.3, 0.4) is 0 Å². The Morgan fingerprint density at radius 3 is 2.38 bits per heavy atom. The number of hydrogen-bond acceptors (Lipinski definition) is 1. The van der Waals surface area contributed by atoms with E-state index in [4.69, 9.17) is 0 Å². The molecular weight excluding hydrogens is 194 g/mol. The average molecular weight is 219 g/mol. The Labute approximate surface area is 100 Å².